The van der Waals surface area contributed by atoms with E-state index in [2.05, 4.69) is 18.9 Å². The van der Waals surface area contributed by atoms with Gasteiger partial charge in [-0.1, -0.05) is 0 Å². The fourth-order valence-corrected chi connectivity index (χ4v) is 0.507. The van der Waals surface area contributed by atoms with Crippen molar-refractivity contribution in [3.8, 4) is 0 Å². The number of carbonyl (C=O) groups is 2. The van der Waals surface area contributed by atoms with Crippen LogP contribution in [0.15, 0.2) is 0 Å². The quantitative estimate of drug-likeness (QED) is 0.429. The van der Waals surface area contributed by atoms with Crippen LogP contribution in [0.5, 0.6) is 0 Å². The highest BCUT2D eigenvalue weighted by Gasteiger charge is 2.67. The Kier molecular flexibility index (Phi) is 0.466. The number of hydrogen-bond acceptors (Lipinski definition) is 6. The summed E-state index contributed by atoms with van der Waals surface area (Å²) in [5.41, 5.74) is 0. The summed E-state index contributed by atoms with van der Waals surface area (Å²) in [4.78, 5) is 19.8. The third kappa shape index (κ3) is 0.392. The molecule has 0 aromatic carbocycles. The molecule has 0 aromatic heterocycles. The Balaban J connectivity index is 2.01. The molecule has 0 unspecified atom stereocenters. The van der Waals surface area contributed by atoms with Crippen LogP contribution in [0, 0.1) is 0 Å². The summed E-state index contributed by atoms with van der Waals surface area (Å²) in [6, 6.07) is 0. The van der Waals surface area contributed by atoms with Crippen molar-refractivity contribution in [3.63, 3.8) is 0 Å². The molecule has 0 aliphatic carbocycles. The molecule has 0 atom stereocenters. The summed E-state index contributed by atoms with van der Waals surface area (Å²) in [5.74, 6) is 0. The van der Waals surface area contributed by atoms with Crippen molar-refractivity contribution < 1.29 is 28.5 Å². The van der Waals surface area contributed by atoms with Crippen LogP contribution in [0.1, 0.15) is 0 Å². The van der Waals surface area contributed by atoms with Crippen molar-refractivity contribution in [3.05, 3.63) is 0 Å². The second kappa shape index (κ2) is 0.949. The zero-order valence-electron chi connectivity index (χ0n) is 3.95. The first-order valence-corrected chi connectivity index (χ1v) is 2.04. The fourth-order valence-electron chi connectivity index (χ4n) is 0.507. The molecule has 9 heavy (non-hydrogen) atoms. The monoisotopic (exact) mass is 132 g/mol. The minimum absolute atomic E-state index is 0.914. The van der Waals surface area contributed by atoms with Gasteiger partial charge in [0.2, 0.25) is 0 Å². The highest BCUT2D eigenvalue weighted by molar-refractivity contribution is 5.71. The predicted octanol–water partition coefficient (Wildman–Crippen LogP) is -0.0687. The molecule has 0 radical (unpaired) electrons. The van der Waals surface area contributed by atoms with Gasteiger partial charge in [0.15, 0.2) is 0 Å². The molecule has 2 saturated heterocycles. The van der Waals surface area contributed by atoms with Crippen LogP contribution in [-0.4, -0.2) is 18.5 Å². The van der Waals surface area contributed by atoms with E-state index in [1.807, 2.05) is 0 Å². The van der Waals surface area contributed by atoms with Crippen molar-refractivity contribution in [1.29, 1.82) is 0 Å². The molecule has 0 amide bonds. The van der Waals surface area contributed by atoms with E-state index in [1.54, 1.807) is 0 Å². The van der Waals surface area contributed by atoms with Crippen molar-refractivity contribution >= 4 is 12.3 Å². The molecule has 1 spiro atoms. The molecule has 2 aliphatic heterocycles. The second-order valence-electron chi connectivity index (χ2n) is 1.41. The molecule has 2 fully saturated rings. The van der Waals surface area contributed by atoms with E-state index >= 15 is 0 Å². The minimum Gasteiger partial charge on any atom is -0.319 e. The third-order valence-corrected chi connectivity index (χ3v) is 0.833. The number of hydrogen-bond donors (Lipinski definition) is 0. The van der Waals surface area contributed by atoms with E-state index in [-0.39, 0.29) is 0 Å². The Morgan fingerprint density at radius 2 is 1.22 bits per heavy atom. The number of carbonyl (C=O) groups excluding carboxylic acids is 2. The average Bonchev–Trinajstić information content (AvgIpc) is 1.58. The Morgan fingerprint density at radius 3 is 1.44 bits per heavy atom. The van der Waals surface area contributed by atoms with E-state index in [9.17, 15) is 9.59 Å². The second-order valence-corrected chi connectivity index (χ2v) is 1.41. The van der Waals surface area contributed by atoms with E-state index in [1.165, 1.54) is 0 Å². The van der Waals surface area contributed by atoms with Crippen molar-refractivity contribution in [2.24, 2.45) is 0 Å². The molecule has 0 bridgehead atoms. The van der Waals surface area contributed by atoms with Gasteiger partial charge < -0.3 is 18.9 Å². The normalized spacial score (nSPS) is 26.2. The molecule has 0 aromatic rings. The van der Waals surface area contributed by atoms with Gasteiger partial charge in [0.05, 0.1) is 0 Å². The fraction of sp³-hybridized carbons (Fsp3) is 0.333. The van der Waals surface area contributed by atoms with Crippen LogP contribution in [0.3, 0.4) is 0 Å². The standard InChI is InChI=1S/C3O6/c4-1-6-3(7-1)8-2(5)9-3. The lowest BCUT2D eigenvalue weighted by molar-refractivity contribution is -0.536. The third-order valence-electron chi connectivity index (χ3n) is 0.833. The lowest BCUT2D eigenvalue weighted by Gasteiger charge is -2.39. The van der Waals surface area contributed by atoms with Crippen LogP contribution >= 0.6 is 0 Å². The van der Waals surface area contributed by atoms with Gasteiger partial charge >= 0.3 is 18.5 Å². The topological polar surface area (TPSA) is 71.1 Å². The summed E-state index contributed by atoms with van der Waals surface area (Å²) in [6.07, 6.45) is -3.64. The average molecular weight is 132 g/mol. The predicted molar refractivity (Wildman–Crippen MR) is 17.9 cm³/mol. The van der Waals surface area contributed by atoms with E-state index in [0.717, 1.165) is 0 Å². The van der Waals surface area contributed by atoms with Gasteiger partial charge in [0.1, 0.15) is 0 Å². The van der Waals surface area contributed by atoms with Crippen LogP contribution in [0.2, 0.25) is 0 Å². The summed E-state index contributed by atoms with van der Waals surface area (Å²) in [7, 11) is 0. The maximum atomic E-state index is 9.90. The SMILES string of the molecule is O=C1OC2(O1)OC(=O)O2. The van der Waals surface area contributed by atoms with Gasteiger partial charge in [-0.2, -0.15) is 0 Å². The van der Waals surface area contributed by atoms with Crippen LogP contribution in [0.25, 0.3) is 0 Å². The van der Waals surface area contributed by atoms with Crippen LogP contribution in [-0.2, 0) is 18.9 Å². The molecule has 48 valence electrons. The Bertz CT molecular complexity index is 153. The largest absolute Gasteiger partial charge is 0.629 e. The first-order valence-electron chi connectivity index (χ1n) is 2.04. The summed E-state index contributed by atoms with van der Waals surface area (Å²) < 4.78 is 16.4. The molecular formula is C3O6. The minimum atomic E-state index is -1.81. The summed E-state index contributed by atoms with van der Waals surface area (Å²) in [6.45, 7) is 0. The lowest BCUT2D eigenvalue weighted by Crippen LogP contribution is -2.63. The van der Waals surface area contributed by atoms with Crippen molar-refractivity contribution in [1.82, 2.24) is 0 Å². The Morgan fingerprint density at radius 1 is 0.889 bits per heavy atom. The zero-order valence-corrected chi connectivity index (χ0v) is 3.95. The molecule has 2 heterocycles. The van der Waals surface area contributed by atoms with Gasteiger partial charge in [-0.05, 0) is 0 Å². The number of rotatable bonds is 0. The molecule has 6 heteroatoms. The van der Waals surface area contributed by atoms with Crippen LogP contribution < -0.4 is 0 Å². The van der Waals surface area contributed by atoms with E-state index in [0.29, 0.717) is 0 Å². The molecule has 0 saturated carbocycles. The maximum absolute atomic E-state index is 9.90. The first kappa shape index (κ1) is 4.42. The molecule has 2 aliphatic rings. The van der Waals surface area contributed by atoms with Gasteiger partial charge in [0.25, 0.3) is 0 Å². The van der Waals surface area contributed by atoms with E-state index in [4.69, 9.17) is 0 Å². The van der Waals surface area contributed by atoms with Gasteiger partial charge in [-0.3, -0.25) is 0 Å². The van der Waals surface area contributed by atoms with Crippen molar-refractivity contribution in [2.45, 2.75) is 6.16 Å². The highest BCUT2D eigenvalue weighted by atomic mass is 17.2. The van der Waals surface area contributed by atoms with Gasteiger partial charge in [-0.15, -0.1) is 0 Å². The van der Waals surface area contributed by atoms with Crippen LogP contribution in [0.4, 0.5) is 9.59 Å². The molecular weight excluding hydrogens is 132 g/mol. The maximum Gasteiger partial charge on any atom is 0.629 e. The molecule has 0 N–H and O–H groups in total. The Labute approximate surface area is 48.2 Å². The highest BCUT2D eigenvalue weighted by Crippen LogP contribution is 2.35. The first-order chi connectivity index (χ1) is 4.20. The number of ether oxygens (including phenoxy) is 4. The lowest BCUT2D eigenvalue weighted by atomic mass is 10.8. The van der Waals surface area contributed by atoms with Gasteiger partial charge in [0, 0.05) is 0 Å². The summed E-state index contributed by atoms with van der Waals surface area (Å²) in [5, 5.41) is 0. The molecule has 2 rings (SSSR count). The van der Waals surface area contributed by atoms with Gasteiger partial charge in [-0.25, -0.2) is 9.59 Å². The smallest absolute Gasteiger partial charge is 0.319 e. The molecule has 6 nitrogen and oxygen atoms in total. The van der Waals surface area contributed by atoms with E-state index < -0.39 is 18.5 Å². The Hall–Kier alpha value is -1.46. The summed E-state index contributed by atoms with van der Waals surface area (Å²) >= 11 is 0. The zero-order chi connectivity index (χ0) is 6.48. The van der Waals surface area contributed by atoms with Crippen molar-refractivity contribution in [2.75, 3.05) is 0 Å².